The van der Waals surface area contributed by atoms with Crippen molar-refractivity contribution in [3.8, 4) is 0 Å². The van der Waals surface area contributed by atoms with Crippen LogP contribution in [0.1, 0.15) is 15.9 Å². The monoisotopic (exact) mass is 360 g/mol. The molecule has 0 unspecified atom stereocenters. The third kappa shape index (κ3) is 3.25. The number of carbonyl (C=O) groups excluding carboxylic acids is 1. The second kappa shape index (κ2) is 6.59. The number of fused-ring (bicyclic) bond motifs is 1. The third-order valence-electron chi connectivity index (χ3n) is 3.47. The fourth-order valence-corrected chi connectivity index (χ4v) is 3.66. The Kier molecular flexibility index (Phi) is 4.51. The zero-order chi connectivity index (χ0) is 17.3. The van der Waals surface area contributed by atoms with Crippen LogP contribution in [0.2, 0.25) is 5.02 Å². The average molecular weight is 361 g/mol. The van der Waals surface area contributed by atoms with Crippen LogP contribution in [0.4, 0.5) is 0 Å². The quantitative estimate of drug-likeness (QED) is 0.777. The number of carboxylic acids is 1. The summed E-state index contributed by atoms with van der Waals surface area (Å²) < 4.78 is 2.45. The number of nitrogens with zero attached hydrogens (tertiary/aromatic N) is 2. The van der Waals surface area contributed by atoms with Crippen LogP contribution < -0.4 is 4.80 Å². The van der Waals surface area contributed by atoms with Crippen LogP contribution in [0.25, 0.3) is 10.2 Å². The SMILES string of the molecule is Cc1cccc2c1sc(=NC(=O)c1cccc(Cl)c1)n2CC(=O)O. The van der Waals surface area contributed by atoms with Gasteiger partial charge in [0.1, 0.15) is 6.54 Å². The summed E-state index contributed by atoms with van der Waals surface area (Å²) in [4.78, 5) is 28.1. The Morgan fingerprint density at radius 1 is 1.25 bits per heavy atom. The maximum atomic E-state index is 12.4. The molecule has 0 fully saturated rings. The molecule has 0 saturated heterocycles. The van der Waals surface area contributed by atoms with Gasteiger partial charge in [-0.1, -0.05) is 41.1 Å². The highest BCUT2D eigenvalue weighted by Gasteiger charge is 2.12. The van der Waals surface area contributed by atoms with Gasteiger partial charge in [0.15, 0.2) is 4.80 Å². The van der Waals surface area contributed by atoms with Gasteiger partial charge in [-0.15, -0.1) is 0 Å². The van der Waals surface area contributed by atoms with Crippen molar-refractivity contribution in [2.75, 3.05) is 0 Å². The number of halogens is 1. The number of aromatic nitrogens is 1. The highest BCUT2D eigenvalue weighted by atomic mass is 35.5. The molecule has 1 N–H and O–H groups in total. The fourth-order valence-electron chi connectivity index (χ4n) is 2.38. The van der Waals surface area contributed by atoms with E-state index >= 15 is 0 Å². The Balaban J connectivity index is 2.19. The van der Waals surface area contributed by atoms with Crippen molar-refractivity contribution in [2.45, 2.75) is 13.5 Å². The van der Waals surface area contributed by atoms with Crippen molar-refractivity contribution in [2.24, 2.45) is 4.99 Å². The van der Waals surface area contributed by atoms with E-state index in [1.165, 1.54) is 22.0 Å². The molecule has 0 bridgehead atoms. The number of thiazole rings is 1. The molecule has 0 radical (unpaired) electrons. The molecule has 0 saturated carbocycles. The first-order valence-corrected chi connectivity index (χ1v) is 8.30. The van der Waals surface area contributed by atoms with Crippen LogP contribution in [-0.2, 0) is 11.3 Å². The summed E-state index contributed by atoms with van der Waals surface area (Å²) in [5.41, 5.74) is 2.12. The lowest BCUT2D eigenvalue weighted by Crippen LogP contribution is -2.21. The van der Waals surface area contributed by atoms with E-state index in [2.05, 4.69) is 4.99 Å². The molecule has 0 aliphatic rings. The average Bonchev–Trinajstić information content (AvgIpc) is 2.86. The second-order valence-corrected chi connectivity index (χ2v) is 6.63. The molecule has 0 atom stereocenters. The standard InChI is InChI=1S/C17H13ClN2O3S/c1-10-4-2-7-13-15(10)24-17(20(13)9-14(21)22)19-16(23)11-5-3-6-12(18)8-11/h2-8H,9H2,1H3,(H,21,22). The fraction of sp³-hybridized carbons (Fsp3) is 0.118. The zero-order valence-electron chi connectivity index (χ0n) is 12.7. The molecule has 5 nitrogen and oxygen atoms in total. The topological polar surface area (TPSA) is 71.7 Å². The number of aliphatic carboxylic acids is 1. The van der Waals surface area contributed by atoms with E-state index < -0.39 is 11.9 Å². The summed E-state index contributed by atoms with van der Waals surface area (Å²) >= 11 is 7.20. The van der Waals surface area contributed by atoms with Gasteiger partial charge in [-0.05, 0) is 36.8 Å². The predicted molar refractivity (Wildman–Crippen MR) is 93.5 cm³/mol. The second-order valence-electron chi connectivity index (χ2n) is 5.21. The Morgan fingerprint density at radius 3 is 2.71 bits per heavy atom. The molecule has 3 aromatic rings. The first kappa shape index (κ1) is 16.4. The normalized spacial score (nSPS) is 11.8. The zero-order valence-corrected chi connectivity index (χ0v) is 14.3. The maximum absolute atomic E-state index is 12.4. The summed E-state index contributed by atoms with van der Waals surface area (Å²) in [5.74, 6) is -1.45. The van der Waals surface area contributed by atoms with E-state index in [4.69, 9.17) is 16.7 Å². The van der Waals surface area contributed by atoms with Crippen LogP contribution in [0, 0.1) is 6.92 Å². The summed E-state index contributed by atoms with van der Waals surface area (Å²) in [7, 11) is 0. The van der Waals surface area contributed by atoms with Crippen molar-refractivity contribution in [1.82, 2.24) is 4.57 Å². The van der Waals surface area contributed by atoms with Crippen molar-refractivity contribution >= 4 is 45.0 Å². The Morgan fingerprint density at radius 2 is 2.00 bits per heavy atom. The molecule has 0 aliphatic heterocycles. The molecule has 7 heteroatoms. The molecular weight excluding hydrogens is 348 g/mol. The van der Waals surface area contributed by atoms with Crippen LogP contribution in [0.5, 0.6) is 0 Å². The predicted octanol–water partition coefficient (Wildman–Crippen LogP) is 3.49. The Bertz CT molecular complexity index is 1020. The Hall–Kier alpha value is -2.44. The molecule has 1 aromatic heterocycles. The Labute approximate surface area is 146 Å². The van der Waals surface area contributed by atoms with E-state index in [1.54, 1.807) is 18.2 Å². The van der Waals surface area contributed by atoms with Crippen LogP contribution in [0.15, 0.2) is 47.5 Å². The minimum absolute atomic E-state index is 0.259. The number of aryl methyl sites for hydroxylation is 1. The van der Waals surface area contributed by atoms with Crippen LogP contribution in [0.3, 0.4) is 0 Å². The summed E-state index contributed by atoms with van der Waals surface area (Å²) in [6.07, 6.45) is 0. The van der Waals surface area contributed by atoms with E-state index in [0.29, 0.717) is 15.4 Å². The lowest BCUT2D eigenvalue weighted by Gasteiger charge is -2.02. The summed E-state index contributed by atoms with van der Waals surface area (Å²) in [5, 5.41) is 9.61. The van der Waals surface area contributed by atoms with Gasteiger partial charge in [-0.25, -0.2) is 0 Å². The molecule has 24 heavy (non-hydrogen) atoms. The molecule has 1 amide bonds. The van der Waals surface area contributed by atoms with Gasteiger partial charge in [0.2, 0.25) is 0 Å². The van der Waals surface area contributed by atoms with Gasteiger partial charge >= 0.3 is 5.97 Å². The van der Waals surface area contributed by atoms with Gasteiger partial charge in [0.05, 0.1) is 10.2 Å². The molecule has 0 spiro atoms. The van der Waals surface area contributed by atoms with Crippen molar-refractivity contribution in [3.63, 3.8) is 0 Å². The van der Waals surface area contributed by atoms with Crippen LogP contribution in [-0.4, -0.2) is 21.6 Å². The number of hydrogen-bond acceptors (Lipinski definition) is 3. The largest absolute Gasteiger partial charge is 0.480 e. The van der Waals surface area contributed by atoms with E-state index in [1.807, 2.05) is 25.1 Å². The lowest BCUT2D eigenvalue weighted by molar-refractivity contribution is -0.137. The molecule has 0 aliphatic carbocycles. The maximum Gasteiger partial charge on any atom is 0.323 e. The van der Waals surface area contributed by atoms with Gasteiger partial charge < -0.3 is 9.67 Å². The first-order chi connectivity index (χ1) is 11.5. The first-order valence-electron chi connectivity index (χ1n) is 7.11. The lowest BCUT2D eigenvalue weighted by atomic mass is 10.2. The number of amides is 1. The highest BCUT2D eigenvalue weighted by molar-refractivity contribution is 7.16. The molecule has 1 heterocycles. The third-order valence-corrected chi connectivity index (χ3v) is 4.93. The van der Waals surface area contributed by atoms with E-state index in [-0.39, 0.29) is 6.54 Å². The highest BCUT2D eigenvalue weighted by Crippen LogP contribution is 2.21. The minimum atomic E-state index is -0.993. The molecular formula is C17H13ClN2O3S. The number of rotatable bonds is 3. The van der Waals surface area contributed by atoms with Crippen molar-refractivity contribution < 1.29 is 14.7 Å². The van der Waals surface area contributed by atoms with Gasteiger partial charge in [0, 0.05) is 10.6 Å². The smallest absolute Gasteiger partial charge is 0.323 e. The number of carbonyl (C=O) groups is 2. The van der Waals surface area contributed by atoms with Gasteiger partial charge in [0.25, 0.3) is 5.91 Å². The molecule has 122 valence electrons. The molecule has 3 rings (SSSR count). The van der Waals surface area contributed by atoms with Gasteiger partial charge in [-0.3, -0.25) is 9.59 Å². The van der Waals surface area contributed by atoms with E-state index in [9.17, 15) is 9.59 Å². The summed E-state index contributed by atoms with van der Waals surface area (Å²) in [6.45, 7) is 1.68. The van der Waals surface area contributed by atoms with Crippen LogP contribution >= 0.6 is 22.9 Å². The van der Waals surface area contributed by atoms with Crippen molar-refractivity contribution in [1.29, 1.82) is 0 Å². The van der Waals surface area contributed by atoms with Crippen molar-refractivity contribution in [3.05, 3.63) is 63.4 Å². The number of benzene rings is 2. The summed E-state index contributed by atoms with van der Waals surface area (Å²) in [6, 6.07) is 12.1. The van der Waals surface area contributed by atoms with E-state index in [0.717, 1.165) is 15.8 Å². The molecule has 2 aromatic carbocycles. The number of carboxylic acid groups (broad SMARTS) is 1. The number of hydrogen-bond donors (Lipinski definition) is 1. The van der Waals surface area contributed by atoms with Gasteiger partial charge in [-0.2, -0.15) is 4.99 Å². The minimum Gasteiger partial charge on any atom is -0.480 e.